The number of carbonyl (C=O) groups excluding carboxylic acids is 1. The first-order chi connectivity index (χ1) is 13.3. The van der Waals surface area contributed by atoms with Crippen LogP contribution in [0.1, 0.15) is 0 Å². The monoisotopic (exact) mass is 390 g/mol. The van der Waals surface area contributed by atoms with Crippen molar-refractivity contribution in [2.24, 2.45) is 0 Å². The van der Waals surface area contributed by atoms with Gasteiger partial charge in [0, 0.05) is 16.0 Å². The number of pyridine rings is 1. The van der Waals surface area contributed by atoms with Crippen LogP contribution in [0, 0.1) is 0 Å². The summed E-state index contributed by atoms with van der Waals surface area (Å²) in [6.07, 6.45) is 1.91. The number of rotatable bonds is 3. The molecule has 1 amide bonds. The highest BCUT2D eigenvalue weighted by Crippen LogP contribution is 2.48. The molecule has 1 aliphatic heterocycles. The Kier molecular flexibility index (Phi) is 4.10. The summed E-state index contributed by atoms with van der Waals surface area (Å²) < 4.78 is 1.89. The van der Waals surface area contributed by atoms with E-state index in [1.54, 1.807) is 11.8 Å². The number of hydrogen-bond donors (Lipinski definition) is 0. The number of para-hydroxylation sites is 2. The number of fused-ring (bicyclic) bond motifs is 3. The molecule has 0 atom stereocenters. The van der Waals surface area contributed by atoms with Crippen LogP contribution >= 0.6 is 23.5 Å². The van der Waals surface area contributed by atoms with Gasteiger partial charge in [-0.3, -0.25) is 14.1 Å². The summed E-state index contributed by atoms with van der Waals surface area (Å²) >= 11 is 3.09. The average molecular weight is 390 g/mol. The first-order valence-corrected chi connectivity index (χ1v) is 10.2. The van der Waals surface area contributed by atoms with Gasteiger partial charge in [-0.05, 0) is 36.4 Å². The van der Waals surface area contributed by atoms with Crippen LogP contribution in [0.5, 0.6) is 0 Å². The van der Waals surface area contributed by atoms with Gasteiger partial charge in [-0.15, -0.1) is 10.2 Å². The van der Waals surface area contributed by atoms with Crippen LogP contribution in [0.3, 0.4) is 0 Å². The van der Waals surface area contributed by atoms with Crippen LogP contribution in [-0.2, 0) is 4.79 Å². The van der Waals surface area contributed by atoms with Crippen molar-refractivity contribution >= 4 is 46.5 Å². The smallest absolute Gasteiger partial charge is 0.242 e. The summed E-state index contributed by atoms with van der Waals surface area (Å²) in [7, 11) is 0. The highest BCUT2D eigenvalue weighted by molar-refractivity contribution is 8.00. The van der Waals surface area contributed by atoms with E-state index in [0.717, 1.165) is 26.8 Å². The van der Waals surface area contributed by atoms with Crippen LogP contribution in [-0.4, -0.2) is 26.3 Å². The normalized spacial score (nSPS) is 12.7. The van der Waals surface area contributed by atoms with E-state index in [1.807, 2.05) is 70.1 Å². The molecule has 3 heterocycles. The van der Waals surface area contributed by atoms with Gasteiger partial charge in [-0.2, -0.15) is 0 Å². The number of hydrogen-bond acceptors (Lipinski definition) is 5. The zero-order chi connectivity index (χ0) is 18.2. The van der Waals surface area contributed by atoms with Gasteiger partial charge in [0.2, 0.25) is 5.91 Å². The highest BCUT2D eigenvalue weighted by atomic mass is 32.2. The predicted octanol–water partition coefficient (Wildman–Crippen LogP) is 4.65. The van der Waals surface area contributed by atoms with Gasteiger partial charge in [-0.25, -0.2) is 0 Å². The van der Waals surface area contributed by atoms with Gasteiger partial charge in [0.25, 0.3) is 0 Å². The van der Waals surface area contributed by atoms with Crippen molar-refractivity contribution in [3.05, 3.63) is 72.9 Å². The largest absolute Gasteiger partial charge is 0.278 e. The summed E-state index contributed by atoms with van der Waals surface area (Å²) in [5.74, 6) is 0.302. The van der Waals surface area contributed by atoms with Crippen molar-refractivity contribution in [1.29, 1.82) is 0 Å². The third kappa shape index (κ3) is 2.89. The van der Waals surface area contributed by atoms with Crippen LogP contribution < -0.4 is 4.90 Å². The second kappa shape index (κ2) is 6.75. The standard InChI is InChI=1S/C20H14N4OS2/c25-19(13-26-20-22-21-18-11-5-6-12-23(18)20)24-14-7-1-3-9-16(14)27-17-10-4-2-8-15(17)24/h1-12H,13H2. The van der Waals surface area contributed by atoms with E-state index in [0.29, 0.717) is 5.16 Å². The van der Waals surface area contributed by atoms with Gasteiger partial charge in [-0.1, -0.05) is 53.9 Å². The molecule has 132 valence electrons. The van der Waals surface area contributed by atoms with E-state index in [2.05, 4.69) is 22.3 Å². The number of nitrogens with zero attached hydrogens (tertiary/aromatic N) is 4. The maximum atomic E-state index is 13.2. The summed E-state index contributed by atoms with van der Waals surface area (Å²) in [5, 5.41) is 9.06. The first kappa shape index (κ1) is 16.4. The topological polar surface area (TPSA) is 50.5 Å². The molecule has 5 nitrogen and oxygen atoms in total. The summed E-state index contributed by atoms with van der Waals surface area (Å²) in [6.45, 7) is 0. The molecule has 0 N–H and O–H groups in total. The minimum absolute atomic E-state index is 0.0212. The van der Waals surface area contributed by atoms with Crippen molar-refractivity contribution in [1.82, 2.24) is 14.6 Å². The van der Waals surface area contributed by atoms with Gasteiger partial charge in [0.15, 0.2) is 10.8 Å². The average Bonchev–Trinajstić information content (AvgIpc) is 3.13. The molecule has 0 aliphatic carbocycles. The maximum absolute atomic E-state index is 13.2. The fourth-order valence-electron chi connectivity index (χ4n) is 3.08. The molecule has 0 saturated carbocycles. The van der Waals surface area contributed by atoms with Crippen molar-refractivity contribution < 1.29 is 4.79 Å². The zero-order valence-corrected chi connectivity index (χ0v) is 15.8. The lowest BCUT2D eigenvalue weighted by molar-refractivity contribution is -0.115. The lowest BCUT2D eigenvalue weighted by atomic mass is 10.2. The molecule has 2 aromatic carbocycles. The number of aromatic nitrogens is 3. The van der Waals surface area contributed by atoms with E-state index < -0.39 is 0 Å². The fourth-order valence-corrected chi connectivity index (χ4v) is 4.91. The third-order valence-corrected chi connectivity index (χ3v) is 6.35. The Morgan fingerprint density at radius 1 is 0.889 bits per heavy atom. The molecule has 4 aromatic rings. The second-order valence-corrected chi connectivity index (χ2v) is 7.99. The number of benzene rings is 2. The SMILES string of the molecule is O=C(CSc1nnc2ccccn12)N1c2ccccc2Sc2ccccc21. The van der Waals surface area contributed by atoms with Gasteiger partial charge in [0.1, 0.15) is 0 Å². The van der Waals surface area contributed by atoms with Crippen molar-refractivity contribution in [3.63, 3.8) is 0 Å². The lowest BCUT2D eigenvalue weighted by Crippen LogP contribution is -2.30. The molecule has 0 spiro atoms. The van der Waals surface area contributed by atoms with E-state index in [1.165, 1.54) is 11.8 Å². The molecule has 0 saturated heterocycles. The number of amides is 1. The van der Waals surface area contributed by atoms with E-state index >= 15 is 0 Å². The van der Waals surface area contributed by atoms with Crippen molar-refractivity contribution in [3.8, 4) is 0 Å². The summed E-state index contributed by atoms with van der Waals surface area (Å²) in [5.41, 5.74) is 2.63. The molecule has 0 fully saturated rings. The van der Waals surface area contributed by atoms with Crippen molar-refractivity contribution in [2.75, 3.05) is 10.7 Å². The van der Waals surface area contributed by atoms with E-state index in [-0.39, 0.29) is 11.7 Å². The molecule has 2 aromatic heterocycles. The Bertz CT molecular complexity index is 1110. The molecule has 1 aliphatic rings. The quantitative estimate of drug-likeness (QED) is 0.477. The number of anilines is 2. The highest BCUT2D eigenvalue weighted by Gasteiger charge is 2.28. The molecule has 0 radical (unpaired) electrons. The molecular formula is C20H14N4OS2. The predicted molar refractivity (Wildman–Crippen MR) is 108 cm³/mol. The van der Waals surface area contributed by atoms with E-state index in [9.17, 15) is 4.79 Å². The summed E-state index contributed by atoms with van der Waals surface area (Å²) in [6, 6.07) is 21.8. The molecule has 7 heteroatoms. The Labute approximate surface area is 164 Å². The van der Waals surface area contributed by atoms with Gasteiger partial charge in [0.05, 0.1) is 17.1 Å². The molecule has 27 heavy (non-hydrogen) atoms. The minimum Gasteiger partial charge on any atom is -0.278 e. The van der Waals surface area contributed by atoms with Crippen LogP contribution in [0.2, 0.25) is 0 Å². The Hall–Kier alpha value is -2.77. The van der Waals surface area contributed by atoms with Gasteiger partial charge < -0.3 is 0 Å². The Morgan fingerprint density at radius 2 is 1.56 bits per heavy atom. The minimum atomic E-state index is 0.0212. The first-order valence-electron chi connectivity index (χ1n) is 8.43. The van der Waals surface area contributed by atoms with Crippen LogP contribution in [0.25, 0.3) is 5.65 Å². The maximum Gasteiger partial charge on any atom is 0.242 e. The fraction of sp³-hybridized carbons (Fsp3) is 0.0500. The van der Waals surface area contributed by atoms with Crippen LogP contribution in [0.4, 0.5) is 11.4 Å². The molecule has 0 unspecified atom stereocenters. The van der Waals surface area contributed by atoms with Crippen molar-refractivity contribution in [2.45, 2.75) is 14.9 Å². The number of carbonyl (C=O) groups is 1. The van der Waals surface area contributed by atoms with Gasteiger partial charge >= 0.3 is 0 Å². The lowest BCUT2D eigenvalue weighted by Gasteiger charge is -2.30. The number of thioether (sulfide) groups is 1. The van der Waals surface area contributed by atoms with E-state index in [4.69, 9.17) is 0 Å². The van der Waals surface area contributed by atoms with Crippen LogP contribution in [0.15, 0.2) is 87.9 Å². The molecule has 0 bridgehead atoms. The summed E-state index contributed by atoms with van der Waals surface area (Å²) in [4.78, 5) is 17.2. The third-order valence-electron chi connectivity index (χ3n) is 4.29. The zero-order valence-electron chi connectivity index (χ0n) is 14.1. The second-order valence-electron chi connectivity index (χ2n) is 5.97. The molecular weight excluding hydrogens is 376 g/mol. The Morgan fingerprint density at radius 3 is 2.30 bits per heavy atom. The Balaban J connectivity index is 1.46. The molecule has 5 rings (SSSR count).